The largest absolute Gasteiger partial charge is 0.497 e. The van der Waals surface area contributed by atoms with Crippen molar-refractivity contribution in [3.63, 3.8) is 0 Å². The molecule has 0 aromatic heterocycles. The van der Waals surface area contributed by atoms with E-state index < -0.39 is 18.6 Å². The summed E-state index contributed by atoms with van der Waals surface area (Å²) in [6, 6.07) is 24.2. The Hall–Kier alpha value is -3.35. The van der Waals surface area contributed by atoms with Gasteiger partial charge in [-0.05, 0) is 47.5 Å². The van der Waals surface area contributed by atoms with Crippen molar-refractivity contribution >= 4 is 11.6 Å². The number of carbonyl (C=O) groups is 1. The number of β-lactam (4-membered cyclic amide) rings is 1. The second-order valence-corrected chi connectivity index (χ2v) is 7.47. The Kier molecular flexibility index (Phi) is 6.21. The van der Waals surface area contributed by atoms with Crippen LogP contribution < -0.4 is 14.4 Å². The van der Waals surface area contributed by atoms with Crippen LogP contribution in [-0.4, -0.2) is 35.9 Å². The van der Waals surface area contributed by atoms with Crippen LogP contribution in [0.4, 0.5) is 5.69 Å². The summed E-state index contributed by atoms with van der Waals surface area (Å²) >= 11 is 0. The number of nitrogens with zero attached hydrogens (tertiary/aromatic N) is 1. The molecule has 31 heavy (non-hydrogen) atoms. The lowest BCUT2D eigenvalue weighted by molar-refractivity contribution is -0.137. The van der Waals surface area contributed by atoms with Gasteiger partial charge in [-0.25, -0.2) is 0 Å². The van der Waals surface area contributed by atoms with Gasteiger partial charge in [-0.2, -0.15) is 0 Å². The van der Waals surface area contributed by atoms with Crippen molar-refractivity contribution in [3.8, 4) is 11.5 Å². The molecule has 3 aromatic carbocycles. The Bertz CT molecular complexity index is 1000. The number of benzene rings is 3. The molecular weight excluding hydrogens is 394 g/mol. The summed E-state index contributed by atoms with van der Waals surface area (Å²) in [5.74, 6) is 0.484. The highest BCUT2D eigenvalue weighted by Gasteiger charge is 2.52. The molecule has 1 aliphatic heterocycles. The average molecular weight is 419 g/mol. The second kappa shape index (κ2) is 9.20. The first kappa shape index (κ1) is 20.9. The number of aliphatic hydroxyl groups excluding tert-OH is 2. The normalized spacial score (nSPS) is 18.9. The summed E-state index contributed by atoms with van der Waals surface area (Å²) in [5.41, 5.74) is 2.65. The van der Waals surface area contributed by atoms with Crippen LogP contribution in [0.3, 0.4) is 0 Å². The highest BCUT2D eigenvalue weighted by atomic mass is 16.5. The number of hydrogen-bond donors (Lipinski definition) is 2. The van der Waals surface area contributed by atoms with Gasteiger partial charge in [0.15, 0.2) is 0 Å². The van der Waals surface area contributed by atoms with Gasteiger partial charge in [0, 0.05) is 5.69 Å². The van der Waals surface area contributed by atoms with Crippen molar-refractivity contribution in [2.45, 2.75) is 18.8 Å². The predicted molar refractivity (Wildman–Crippen MR) is 117 cm³/mol. The first-order valence-corrected chi connectivity index (χ1v) is 10.1. The van der Waals surface area contributed by atoms with Gasteiger partial charge in [-0.1, -0.05) is 42.5 Å². The van der Waals surface area contributed by atoms with E-state index in [2.05, 4.69) is 0 Å². The van der Waals surface area contributed by atoms with E-state index in [0.29, 0.717) is 23.8 Å². The van der Waals surface area contributed by atoms with Crippen molar-refractivity contribution in [1.82, 2.24) is 0 Å². The van der Waals surface area contributed by atoms with Gasteiger partial charge in [0.25, 0.3) is 0 Å². The number of ether oxygens (including phenoxy) is 2. The first-order chi connectivity index (χ1) is 15.1. The van der Waals surface area contributed by atoms with E-state index >= 15 is 0 Å². The van der Waals surface area contributed by atoms with Crippen LogP contribution in [0.5, 0.6) is 11.5 Å². The minimum absolute atomic E-state index is 0.221. The van der Waals surface area contributed by atoms with E-state index in [1.54, 1.807) is 24.1 Å². The summed E-state index contributed by atoms with van der Waals surface area (Å²) in [7, 11) is 1.58. The molecule has 2 N–H and O–H groups in total. The Balaban J connectivity index is 1.55. The molecule has 4 rings (SSSR count). The van der Waals surface area contributed by atoms with Gasteiger partial charge in [0.1, 0.15) is 18.1 Å². The molecule has 0 aliphatic carbocycles. The molecule has 1 saturated heterocycles. The number of hydrogen-bond acceptors (Lipinski definition) is 5. The molecule has 0 radical (unpaired) electrons. The molecule has 0 saturated carbocycles. The zero-order chi connectivity index (χ0) is 21.8. The fourth-order valence-corrected chi connectivity index (χ4v) is 3.89. The van der Waals surface area contributed by atoms with Crippen LogP contribution in [0.2, 0.25) is 0 Å². The van der Waals surface area contributed by atoms with Crippen LogP contribution in [0.1, 0.15) is 17.2 Å². The fraction of sp³-hybridized carbons (Fsp3) is 0.240. The molecule has 1 aliphatic rings. The molecule has 3 atom stereocenters. The number of methoxy groups -OCH3 is 1. The average Bonchev–Trinajstić information content (AvgIpc) is 2.82. The van der Waals surface area contributed by atoms with Crippen LogP contribution in [0, 0.1) is 5.92 Å². The Morgan fingerprint density at radius 2 is 1.58 bits per heavy atom. The molecule has 3 aromatic rings. The highest BCUT2D eigenvalue weighted by Crippen LogP contribution is 2.45. The predicted octanol–water partition coefficient (Wildman–Crippen LogP) is 3.33. The fourth-order valence-electron chi connectivity index (χ4n) is 3.89. The summed E-state index contributed by atoms with van der Waals surface area (Å²) in [6.07, 6.45) is -1.12. The summed E-state index contributed by atoms with van der Waals surface area (Å²) in [5, 5.41) is 19.7. The summed E-state index contributed by atoms with van der Waals surface area (Å²) in [4.78, 5) is 14.5. The van der Waals surface area contributed by atoms with E-state index in [9.17, 15) is 15.0 Å². The Labute approximate surface area is 181 Å². The van der Waals surface area contributed by atoms with Crippen molar-refractivity contribution in [1.29, 1.82) is 0 Å². The molecule has 0 unspecified atom stereocenters. The lowest BCUT2D eigenvalue weighted by Crippen LogP contribution is -2.60. The highest BCUT2D eigenvalue weighted by molar-refractivity contribution is 6.03. The van der Waals surface area contributed by atoms with Gasteiger partial charge in [-0.3, -0.25) is 4.79 Å². The third kappa shape index (κ3) is 4.26. The zero-order valence-electron chi connectivity index (χ0n) is 17.2. The van der Waals surface area contributed by atoms with E-state index in [1.807, 2.05) is 66.7 Å². The monoisotopic (exact) mass is 419 g/mol. The number of carbonyl (C=O) groups excluding carboxylic acids is 1. The molecule has 0 bridgehead atoms. The van der Waals surface area contributed by atoms with E-state index in [1.165, 1.54) is 0 Å². The lowest BCUT2D eigenvalue weighted by atomic mass is 9.78. The third-order valence-corrected chi connectivity index (χ3v) is 5.56. The minimum Gasteiger partial charge on any atom is -0.497 e. The van der Waals surface area contributed by atoms with Crippen molar-refractivity contribution in [2.24, 2.45) is 5.92 Å². The van der Waals surface area contributed by atoms with Crippen LogP contribution in [-0.2, 0) is 11.4 Å². The van der Waals surface area contributed by atoms with Gasteiger partial charge in [-0.15, -0.1) is 0 Å². The SMILES string of the molecule is COc1ccc(N2C(=O)[C@H]([C@H](O)CO)[C@@H]2c2ccc(OCc3ccccc3)cc2)cc1. The number of aliphatic hydroxyl groups is 2. The summed E-state index contributed by atoms with van der Waals surface area (Å²) in [6.45, 7) is -0.00639. The summed E-state index contributed by atoms with van der Waals surface area (Å²) < 4.78 is 11.0. The first-order valence-electron chi connectivity index (χ1n) is 10.1. The van der Waals surface area contributed by atoms with Gasteiger partial charge in [0.2, 0.25) is 5.91 Å². The molecule has 0 spiro atoms. The van der Waals surface area contributed by atoms with E-state index in [4.69, 9.17) is 9.47 Å². The number of rotatable bonds is 8. The molecule has 160 valence electrons. The maximum Gasteiger partial charge on any atom is 0.235 e. The van der Waals surface area contributed by atoms with E-state index in [-0.39, 0.29) is 11.9 Å². The second-order valence-electron chi connectivity index (χ2n) is 7.47. The van der Waals surface area contributed by atoms with Crippen molar-refractivity contribution in [2.75, 3.05) is 18.6 Å². The standard InChI is InChI=1S/C25H25NO5/c1-30-20-13-9-19(10-14-20)26-24(23(25(26)29)22(28)15-27)18-7-11-21(12-8-18)31-16-17-5-3-2-4-6-17/h2-14,22-24,27-28H,15-16H2,1H3/t22-,23-,24+/m1/s1. The van der Waals surface area contributed by atoms with Crippen LogP contribution in [0.15, 0.2) is 78.9 Å². The van der Waals surface area contributed by atoms with Gasteiger partial charge >= 0.3 is 0 Å². The van der Waals surface area contributed by atoms with Gasteiger partial charge in [0.05, 0.1) is 31.8 Å². The van der Waals surface area contributed by atoms with Crippen molar-refractivity contribution in [3.05, 3.63) is 90.0 Å². The maximum absolute atomic E-state index is 12.8. The molecule has 6 heteroatoms. The minimum atomic E-state index is -1.12. The molecular formula is C25H25NO5. The molecule has 1 heterocycles. The Morgan fingerprint density at radius 1 is 0.935 bits per heavy atom. The zero-order valence-corrected chi connectivity index (χ0v) is 17.2. The quantitative estimate of drug-likeness (QED) is 0.548. The number of amides is 1. The topological polar surface area (TPSA) is 79.2 Å². The van der Waals surface area contributed by atoms with E-state index in [0.717, 1.165) is 11.1 Å². The van der Waals surface area contributed by atoms with Crippen molar-refractivity contribution < 1.29 is 24.5 Å². The Morgan fingerprint density at radius 3 is 2.19 bits per heavy atom. The smallest absolute Gasteiger partial charge is 0.235 e. The van der Waals surface area contributed by atoms with Crippen LogP contribution >= 0.6 is 0 Å². The third-order valence-electron chi connectivity index (χ3n) is 5.56. The van der Waals surface area contributed by atoms with Gasteiger partial charge < -0.3 is 24.6 Å². The molecule has 1 fully saturated rings. The number of anilines is 1. The van der Waals surface area contributed by atoms with Crippen LogP contribution in [0.25, 0.3) is 0 Å². The molecule has 6 nitrogen and oxygen atoms in total. The maximum atomic E-state index is 12.8. The lowest BCUT2D eigenvalue weighted by Gasteiger charge is -2.49. The molecule has 1 amide bonds.